The van der Waals surface area contributed by atoms with E-state index in [-0.39, 0.29) is 5.91 Å². The first kappa shape index (κ1) is 14.8. The summed E-state index contributed by atoms with van der Waals surface area (Å²) in [6, 6.07) is 7.55. The molecule has 4 rings (SSSR count). The van der Waals surface area contributed by atoms with Gasteiger partial charge in [0.2, 0.25) is 0 Å². The maximum Gasteiger partial charge on any atom is 0.253 e. The van der Waals surface area contributed by atoms with Crippen LogP contribution in [0.3, 0.4) is 0 Å². The summed E-state index contributed by atoms with van der Waals surface area (Å²) in [6.07, 6.45) is 6.88. The Morgan fingerprint density at radius 2 is 1.96 bits per heavy atom. The third-order valence-electron chi connectivity index (χ3n) is 4.49. The van der Waals surface area contributed by atoms with Crippen molar-refractivity contribution in [2.24, 2.45) is 7.05 Å². The Hall–Kier alpha value is -2.76. The number of nitrogens with zero attached hydrogens (tertiary/aromatic N) is 5. The summed E-state index contributed by atoms with van der Waals surface area (Å²) in [4.78, 5) is 27.8. The van der Waals surface area contributed by atoms with Crippen LogP contribution in [0.15, 0.2) is 36.8 Å². The average Bonchev–Trinajstić information content (AvgIpc) is 3.02. The van der Waals surface area contributed by atoms with E-state index < -0.39 is 0 Å². The third-order valence-corrected chi connectivity index (χ3v) is 4.49. The van der Waals surface area contributed by atoms with E-state index in [1.807, 2.05) is 40.8 Å². The zero-order valence-electron chi connectivity index (χ0n) is 13.6. The fraction of sp³-hybridized carbons (Fsp3) is 0.333. The molecule has 1 fully saturated rings. The van der Waals surface area contributed by atoms with E-state index >= 15 is 0 Å². The molecule has 1 amide bonds. The quantitative estimate of drug-likeness (QED) is 0.728. The molecule has 3 heterocycles. The van der Waals surface area contributed by atoms with Crippen molar-refractivity contribution in [3.8, 4) is 11.4 Å². The SMILES string of the molecule is Cn1cnc2nc(-c3cccc(C(=O)N4CCCCC4)c3)ncc21. The van der Waals surface area contributed by atoms with Crippen molar-refractivity contribution in [3.63, 3.8) is 0 Å². The average molecular weight is 321 g/mol. The number of carbonyl (C=O) groups is 1. The van der Waals surface area contributed by atoms with Crippen molar-refractivity contribution < 1.29 is 4.79 Å². The second-order valence-corrected chi connectivity index (χ2v) is 6.19. The highest BCUT2D eigenvalue weighted by Crippen LogP contribution is 2.20. The molecule has 0 bridgehead atoms. The summed E-state index contributed by atoms with van der Waals surface area (Å²) < 4.78 is 1.88. The van der Waals surface area contributed by atoms with Crippen molar-refractivity contribution in [3.05, 3.63) is 42.4 Å². The van der Waals surface area contributed by atoms with E-state index in [1.54, 1.807) is 12.5 Å². The second kappa shape index (κ2) is 6.03. The fourth-order valence-corrected chi connectivity index (χ4v) is 3.12. The van der Waals surface area contributed by atoms with Gasteiger partial charge in [-0.2, -0.15) is 0 Å². The predicted molar refractivity (Wildman–Crippen MR) is 91.5 cm³/mol. The van der Waals surface area contributed by atoms with Gasteiger partial charge in [-0.1, -0.05) is 12.1 Å². The Labute approximate surface area is 140 Å². The minimum Gasteiger partial charge on any atom is -0.339 e. The van der Waals surface area contributed by atoms with Gasteiger partial charge >= 0.3 is 0 Å². The molecular weight excluding hydrogens is 302 g/mol. The van der Waals surface area contributed by atoms with E-state index in [4.69, 9.17) is 0 Å². The van der Waals surface area contributed by atoms with Crippen LogP contribution in [0.25, 0.3) is 22.6 Å². The molecule has 0 saturated carbocycles. The number of carbonyl (C=O) groups excluding carboxylic acids is 1. The first-order valence-electron chi connectivity index (χ1n) is 8.26. The van der Waals surface area contributed by atoms with Gasteiger partial charge in [-0.05, 0) is 31.4 Å². The molecular formula is C18H19N5O. The molecule has 2 aromatic heterocycles. The molecule has 0 aliphatic carbocycles. The van der Waals surface area contributed by atoms with Crippen molar-refractivity contribution in [2.75, 3.05) is 13.1 Å². The lowest BCUT2D eigenvalue weighted by Gasteiger charge is -2.26. The number of piperidine rings is 1. The molecule has 6 nitrogen and oxygen atoms in total. The van der Waals surface area contributed by atoms with E-state index in [0.717, 1.165) is 37.0 Å². The summed E-state index contributed by atoms with van der Waals surface area (Å²) in [5.41, 5.74) is 3.08. The third kappa shape index (κ3) is 2.64. The molecule has 0 atom stereocenters. The van der Waals surface area contributed by atoms with Gasteiger partial charge in [0.05, 0.1) is 12.5 Å². The number of imidazole rings is 1. The molecule has 3 aromatic rings. The highest BCUT2D eigenvalue weighted by Gasteiger charge is 2.18. The maximum absolute atomic E-state index is 12.7. The number of benzene rings is 1. The zero-order valence-corrected chi connectivity index (χ0v) is 13.6. The van der Waals surface area contributed by atoms with Crippen molar-refractivity contribution in [1.29, 1.82) is 0 Å². The molecule has 1 aliphatic heterocycles. The topological polar surface area (TPSA) is 63.9 Å². The second-order valence-electron chi connectivity index (χ2n) is 6.19. The number of hydrogen-bond donors (Lipinski definition) is 0. The van der Waals surface area contributed by atoms with E-state index in [0.29, 0.717) is 17.0 Å². The Kier molecular flexibility index (Phi) is 3.72. The summed E-state index contributed by atoms with van der Waals surface area (Å²) in [6.45, 7) is 1.69. The maximum atomic E-state index is 12.7. The molecule has 1 aliphatic rings. The smallest absolute Gasteiger partial charge is 0.253 e. The summed E-state index contributed by atoms with van der Waals surface area (Å²) in [5, 5.41) is 0. The summed E-state index contributed by atoms with van der Waals surface area (Å²) >= 11 is 0. The Morgan fingerprint density at radius 1 is 1.12 bits per heavy atom. The number of likely N-dealkylation sites (tertiary alicyclic amines) is 1. The number of aromatic nitrogens is 4. The van der Waals surface area contributed by atoms with Gasteiger partial charge in [-0.3, -0.25) is 4.79 Å². The highest BCUT2D eigenvalue weighted by atomic mass is 16.2. The number of hydrogen-bond acceptors (Lipinski definition) is 4. The first-order valence-corrected chi connectivity index (χ1v) is 8.26. The van der Waals surface area contributed by atoms with E-state index in [1.165, 1.54) is 6.42 Å². The first-order chi connectivity index (χ1) is 11.7. The van der Waals surface area contributed by atoms with Crippen LogP contribution in [-0.4, -0.2) is 43.4 Å². The standard InChI is InChI=1S/C18H19N5O/c1-22-12-20-17-15(22)11-19-16(21-17)13-6-5-7-14(10-13)18(24)23-8-3-2-4-9-23/h5-7,10-12H,2-4,8-9H2,1H3. The largest absolute Gasteiger partial charge is 0.339 e. The normalized spacial score (nSPS) is 15.0. The Balaban J connectivity index is 1.66. The van der Waals surface area contributed by atoms with Gasteiger partial charge in [0.15, 0.2) is 11.5 Å². The lowest BCUT2D eigenvalue weighted by atomic mass is 10.1. The van der Waals surface area contributed by atoms with Gasteiger partial charge in [0.25, 0.3) is 5.91 Å². The summed E-state index contributed by atoms with van der Waals surface area (Å²) in [7, 11) is 1.91. The van der Waals surface area contributed by atoms with Gasteiger partial charge in [-0.25, -0.2) is 15.0 Å². The van der Waals surface area contributed by atoms with Crippen LogP contribution in [-0.2, 0) is 7.05 Å². The molecule has 24 heavy (non-hydrogen) atoms. The lowest BCUT2D eigenvalue weighted by Crippen LogP contribution is -2.35. The van der Waals surface area contributed by atoms with Gasteiger partial charge < -0.3 is 9.47 Å². The minimum absolute atomic E-state index is 0.0930. The Bertz CT molecular complexity index is 895. The van der Waals surface area contributed by atoms with Crippen LogP contribution in [0, 0.1) is 0 Å². The number of amides is 1. The van der Waals surface area contributed by atoms with Crippen LogP contribution in [0.2, 0.25) is 0 Å². The molecule has 122 valence electrons. The van der Waals surface area contributed by atoms with Gasteiger partial charge in [0.1, 0.15) is 5.52 Å². The predicted octanol–water partition coefficient (Wildman–Crippen LogP) is 2.66. The van der Waals surface area contributed by atoms with E-state index in [9.17, 15) is 4.79 Å². The van der Waals surface area contributed by atoms with Crippen molar-refractivity contribution in [1.82, 2.24) is 24.4 Å². The molecule has 0 N–H and O–H groups in total. The molecule has 0 radical (unpaired) electrons. The fourth-order valence-electron chi connectivity index (χ4n) is 3.12. The number of aryl methyl sites for hydroxylation is 1. The summed E-state index contributed by atoms with van der Waals surface area (Å²) in [5.74, 6) is 0.685. The van der Waals surface area contributed by atoms with Crippen LogP contribution in [0.1, 0.15) is 29.6 Å². The monoisotopic (exact) mass is 321 g/mol. The molecule has 1 saturated heterocycles. The van der Waals surface area contributed by atoms with E-state index in [2.05, 4.69) is 15.0 Å². The van der Waals surface area contributed by atoms with Gasteiger partial charge in [-0.15, -0.1) is 0 Å². The number of fused-ring (bicyclic) bond motifs is 1. The van der Waals surface area contributed by atoms with Crippen LogP contribution in [0.4, 0.5) is 0 Å². The molecule has 0 spiro atoms. The zero-order chi connectivity index (χ0) is 16.5. The van der Waals surface area contributed by atoms with Crippen LogP contribution < -0.4 is 0 Å². The molecule has 1 aromatic carbocycles. The van der Waals surface area contributed by atoms with Crippen molar-refractivity contribution >= 4 is 17.1 Å². The Morgan fingerprint density at radius 3 is 2.79 bits per heavy atom. The highest BCUT2D eigenvalue weighted by molar-refractivity contribution is 5.95. The van der Waals surface area contributed by atoms with Crippen molar-refractivity contribution in [2.45, 2.75) is 19.3 Å². The van der Waals surface area contributed by atoms with Crippen LogP contribution >= 0.6 is 0 Å². The van der Waals surface area contributed by atoms with Crippen LogP contribution in [0.5, 0.6) is 0 Å². The van der Waals surface area contributed by atoms with Gasteiger partial charge in [0, 0.05) is 31.3 Å². The molecule has 6 heteroatoms. The number of rotatable bonds is 2. The lowest BCUT2D eigenvalue weighted by molar-refractivity contribution is 0.0724. The molecule has 0 unspecified atom stereocenters. The minimum atomic E-state index is 0.0930.